The van der Waals surface area contributed by atoms with E-state index in [2.05, 4.69) is 10.6 Å². The summed E-state index contributed by atoms with van der Waals surface area (Å²) in [6.07, 6.45) is 0.941. The minimum Gasteiger partial charge on any atom is -0.355 e. The zero-order chi connectivity index (χ0) is 13.8. The summed E-state index contributed by atoms with van der Waals surface area (Å²) in [5.41, 5.74) is 0.823. The van der Waals surface area contributed by atoms with Gasteiger partial charge in [-0.1, -0.05) is 13.0 Å². The van der Waals surface area contributed by atoms with Crippen LogP contribution in [0.3, 0.4) is 0 Å². The van der Waals surface area contributed by atoms with Crippen molar-refractivity contribution in [3.8, 4) is 6.07 Å². The van der Waals surface area contributed by atoms with Gasteiger partial charge in [0.2, 0.25) is 5.91 Å². The third kappa shape index (κ3) is 3.09. The van der Waals surface area contributed by atoms with Crippen LogP contribution in [0.4, 0.5) is 4.39 Å². The van der Waals surface area contributed by atoms with Crippen molar-refractivity contribution in [3.63, 3.8) is 0 Å². The number of amides is 1. The second-order valence-corrected chi connectivity index (χ2v) is 4.84. The van der Waals surface area contributed by atoms with Crippen LogP contribution in [0.1, 0.15) is 24.5 Å². The van der Waals surface area contributed by atoms with E-state index < -0.39 is 5.82 Å². The SMILES string of the molecule is C[C@@H]1CCNC(=O)[C@H]1NCc1ccc(F)c(C#N)c1. The quantitative estimate of drug-likeness (QED) is 0.862. The topological polar surface area (TPSA) is 64.9 Å². The predicted molar refractivity (Wildman–Crippen MR) is 68.5 cm³/mol. The van der Waals surface area contributed by atoms with E-state index in [0.29, 0.717) is 13.1 Å². The van der Waals surface area contributed by atoms with E-state index in [0.717, 1.165) is 12.0 Å². The molecule has 0 bridgehead atoms. The van der Waals surface area contributed by atoms with Gasteiger partial charge in [-0.25, -0.2) is 4.39 Å². The molecule has 1 aliphatic rings. The minimum absolute atomic E-state index is 0.00127. The first-order valence-corrected chi connectivity index (χ1v) is 6.31. The van der Waals surface area contributed by atoms with Gasteiger partial charge in [0.1, 0.15) is 11.9 Å². The van der Waals surface area contributed by atoms with Crippen LogP contribution in [0, 0.1) is 23.1 Å². The Morgan fingerprint density at radius 1 is 1.58 bits per heavy atom. The molecule has 0 aliphatic carbocycles. The zero-order valence-corrected chi connectivity index (χ0v) is 10.7. The molecular weight excluding hydrogens is 245 g/mol. The Hall–Kier alpha value is -1.93. The zero-order valence-electron chi connectivity index (χ0n) is 10.7. The van der Waals surface area contributed by atoms with Crippen LogP contribution in [0.25, 0.3) is 0 Å². The molecule has 2 rings (SSSR count). The van der Waals surface area contributed by atoms with Gasteiger partial charge in [0.15, 0.2) is 0 Å². The Bertz CT molecular complexity index is 524. The first kappa shape index (κ1) is 13.5. The molecule has 19 heavy (non-hydrogen) atoms. The number of carbonyl (C=O) groups excluding carboxylic acids is 1. The smallest absolute Gasteiger partial charge is 0.237 e. The van der Waals surface area contributed by atoms with Crippen LogP contribution >= 0.6 is 0 Å². The van der Waals surface area contributed by atoms with Crippen LogP contribution in [0.15, 0.2) is 18.2 Å². The molecule has 1 heterocycles. The highest BCUT2D eigenvalue weighted by Crippen LogP contribution is 2.14. The second kappa shape index (κ2) is 5.81. The van der Waals surface area contributed by atoms with Gasteiger partial charge in [-0.15, -0.1) is 0 Å². The summed E-state index contributed by atoms with van der Waals surface area (Å²) in [6, 6.07) is 5.98. The monoisotopic (exact) mass is 261 g/mol. The van der Waals surface area contributed by atoms with Gasteiger partial charge in [0, 0.05) is 13.1 Å². The molecule has 2 atom stereocenters. The van der Waals surface area contributed by atoms with E-state index in [-0.39, 0.29) is 23.4 Å². The lowest BCUT2D eigenvalue weighted by Gasteiger charge is -2.29. The molecule has 0 unspecified atom stereocenters. The molecule has 4 nitrogen and oxygen atoms in total. The fourth-order valence-corrected chi connectivity index (χ4v) is 2.25. The Labute approximate surface area is 111 Å². The second-order valence-electron chi connectivity index (χ2n) is 4.84. The molecule has 1 amide bonds. The van der Waals surface area contributed by atoms with E-state index in [1.54, 1.807) is 6.07 Å². The van der Waals surface area contributed by atoms with Crippen LogP contribution in [0.2, 0.25) is 0 Å². The highest BCUT2D eigenvalue weighted by Gasteiger charge is 2.27. The highest BCUT2D eigenvalue weighted by molar-refractivity contribution is 5.82. The molecular formula is C14H16FN3O. The average molecular weight is 261 g/mol. The van der Waals surface area contributed by atoms with Crippen molar-refractivity contribution in [2.45, 2.75) is 25.9 Å². The molecule has 5 heteroatoms. The van der Waals surface area contributed by atoms with Gasteiger partial charge >= 0.3 is 0 Å². The van der Waals surface area contributed by atoms with E-state index in [1.165, 1.54) is 12.1 Å². The number of hydrogen-bond donors (Lipinski definition) is 2. The number of hydrogen-bond acceptors (Lipinski definition) is 3. The normalized spacial score (nSPS) is 22.7. The summed E-state index contributed by atoms with van der Waals surface area (Å²) < 4.78 is 13.2. The highest BCUT2D eigenvalue weighted by atomic mass is 19.1. The van der Waals surface area contributed by atoms with Gasteiger partial charge < -0.3 is 10.6 Å². The molecule has 1 aliphatic heterocycles. The van der Waals surface area contributed by atoms with Crippen molar-refractivity contribution in [1.82, 2.24) is 10.6 Å². The number of nitrogens with zero attached hydrogens (tertiary/aromatic N) is 1. The Kier molecular flexibility index (Phi) is 4.13. The van der Waals surface area contributed by atoms with Crippen molar-refractivity contribution in [1.29, 1.82) is 5.26 Å². The van der Waals surface area contributed by atoms with Crippen LogP contribution in [-0.4, -0.2) is 18.5 Å². The molecule has 1 fully saturated rings. The van der Waals surface area contributed by atoms with E-state index >= 15 is 0 Å². The molecule has 2 N–H and O–H groups in total. The third-order valence-electron chi connectivity index (χ3n) is 3.43. The average Bonchev–Trinajstić information content (AvgIpc) is 2.40. The van der Waals surface area contributed by atoms with Gasteiger partial charge in [-0.05, 0) is 30.0 Å². The number of piperidine rings is 1. The van der Waals surface area contributed by atoms with Crippen molar-refractivity contribution < 1.29 is 9.18 Å². The summed E-state index contributed by atoms with van der Waals surface area (Å²) in [6.45, 7) is 3.19. The molecule has 1 aromatic carbocycles. The Morgan fingerprint density at radius 2 is 2.37 bits per heavy atom. The van der Waals surface area contributed by atoms with E-state index in [1.807, 2.05) is 13.0 Å². The van der Waals surface area contributed by atoms with Crippen molar-refractivity contribution in [2.24, 2.45) is 5.92 Å². The summed E-state index contributed by atoms with van der Waals surface area (Å²) >= 11 is 0. The maximum atomic E-state index is 13.2. The number of nitrogens with one attached hydrogen (secondary N) is 2. The number of rotatable bonds is 3. The van der Waals surface area contributed by atoms with Crippen molar-refractivity contribution in [2.75, 3.05) is 6.54 Å². The largest absolute Gasteiger partial charge is 0.355 e. The fraction of sp³-hybridized carbons (Fsp3) is 0.429. The predicted octanol–water partition coefficient (Wildman–Crippen LogP) is 1.31. The maximum Gasteiger partial charge on any atom is 0.237 e. The Balaban J connectivity index is 2.02. The van der Waals surface area contributed by atoms with Crippen LogP contribution in [-0.2, 0) is 11.3 Å². The number of halogens is 1. The number of nitriles is 1. The van der Waals surface area contributed by atoms with Crippen molar-refractivity contribution in [3.05, 3.63) is 35.1 Å². The number of carbonyl (C=O) groups is 1. The lowest BCUT2D eigenvalue weighted by Crippen LogP contribution is -2.52. The van der Waals surface area contributed by atoms with Crippen molar-refractivity contribution >= 4 is 5.91 Å². The standard InChI is InChI=1S/C14H16FN3O/c1-9-4-5-17-14(19)13(9)18-8-10-2-3-12(15)11(6-10)7-16/h2-3,6,9,13,18H,4-5,8H2,1H3,(H,17,19)/t9-,13+/m1/s1. The lowest BCUT2D eigenvalue weighted by atomic mass is 9.94. The third-order valence-corrected chi connectivity index (χ3v) is 3.43. The summed E-state index contributed by atoms with van der Waals surface area (Å²) in [7, 11) is 0. The summed E-state index contributed by atoms with van der Waals surface area (Å²) in [5.74, 6) is -0.249. The lowest BCUT2D eigenvalue weighted by molar-refractivity contribution is -0.126. The Morgan fingerprint density at radius 3 is 3.05 bits per heavy atom. The minimum atomic E-state index is -0.518. The van der Waals surface area contributed by atoms with Gasteiger partial charge in [-0.3, -0.25) is 4.79 Å². The molecule has 0 radical (unpaired) electrons. The number of benzene rings is 1. The first-order valence-electron chi connectivity index (χ1n) is 6.31. The summed E-state index contributed by atoms with van der Waals surface area (Å²) in [5, 5.41) is 14.8. The van der Waals surface area contributed by atoms with Gasteiger partial charge in [-0.2, -0.15) is 5.26 Å². The molecule has 0 saturated carbocycles. The molecule has 100 valence electrons. The van der Waals surface area contributed by atoms with Gasteiger partial charge in [0.25, 0.3) is 0 Å². The summed E-state index contributed by atoms with van der Waals surface area (Å²) in [4.78, 5) is 11.7. The maximum absolute atomic E-state index is 13.2. The molecule has 0 spiro atoms. The molecule has 1 saturated heterocycles. The van der Waals surface area contributed by atoms with Gasteiger partial charge in [0.05, 0.1) is 11.6 Å². The molecule has 0 aromatic heterocycles. The van der Waals surface area contributed by atoms with E-state index in [4.69, 9.17) is 5.26 Å². The van der Waals surface area contributed by atoms with Crippen LogP contribution < -0.4 is 10.6 Å². The first-order chi connectivity index (χ1) is 9.11. The van der Waals surface area contributed by atoms with Crippen LogP contribution in [0.5, 0.6) is 0 Å². The fourth-order valence-electron chi connectivity index (χ4n) is 2.25. The van der Waals surface area contributed by atoms with E-state index in [9.17, 15) is 9.18 Å². The molecule has 1 aromatic rings.